The highest BCUT2D eigenvalue weighted by molar-refractivity contribution is 6.04. The van der Waals surface area contributed by atoms with E-state index in [0.717, 1.165) is 5.57 Å². The largest absolute Gasteiger partial charge is 0.308 e. The highest BCUT2D eigenvalue weighted by atomic mass is 14.9. The van der Waals surface area contributed by atoms with Crippen LogP contribution < -0.4 is 5.32 Å². The van der Waals surface area contributed by atoms with Gasteiger partial charge in [-0.2, -0.15) is 0 Å². The summed E-state index contributed by atoms with van der Waals surface area (Å²) in [5.41, 5.74) is 2.95. The second-order valence-electron chi connectivity index (χ2n) is 2.90. The molecule has 0 aromatic rings. The van der Waals surface area contributed by atoms with E-state index in [1.54, 1.807) is 0 Å². The number of hydrogen-bond donors (Lipinski definition) is 2. The van der Waals surface area contributed by atoms with Crippen molar-refractivity contribution in [3.05, 3.63) is 23.3 Å². The van der Waals surface area contributed by atoms with Crippen LogP contribution in [0.5, 0.6) is 0 Å². The van der Waals surface area contributed by atoms with Crippen LogP contribution in [-0.4, -0.2) is 18.8 Å². The normalized spacial score (nSPS) is 24.6. The summed E-state index contributed by atoms with van der Waals surface area (Å²) in [6.45, 7) is 4.01. The van der Waals surface area contributed by atoms with Crippen molar-refractivity contribution in [3.8, 4) is 0 Å². The molecular formula is C9H14N2. The molecule has 0 aromatic heterocycles. The van der Waals surface area contributed by atoms with E-state index in [-0.39, 0.29) is 6.04 Å². The molecule has 2 nitrogen and oxygen atoms in total. The Balaban J connectivity index is 2.93. The third-order valence-electron chi connectivity index (χ3n) is 2.05. The fourth-order valence-electron chi connectivity index (χ4n) is 1.27. The number of hydrogen-bond acceptors (Lipinski definition) is 2. The Labute approximate surface area is 67.5 Å². The van der Waals surface area contributed by atoms with Crippen molar-refractivity contribution in [1.29, 1.82) is 5.41 Å². The van der Waals surface area contributed by atoms with E-state index < -0.39 is 0 Å². The van der Waals surface area contributed by atoms with Gasteiger partial charge in [0.15, 0.2) is 0 Å². The average Bonchev–Trinajstić information content (AvgIpc) is 1.99. The Hall–Kier alpha value is -0.890. The van der Waals surface area contributed by atoms with E-state index in [0.29, 0.717) is 5.71 Å². The van der Waals surface area contributed by atoms with Gasteiger partial charge in [0.2, 0.25) is 0 Å². The molecular weight excluding hydrogens is 136 g/mol. The summed E-state index contributed by atoms with van der Waals surface area (Å²) in [6, 6.07) is 0.125. The minimum Gasteiger partial charge on any atom is -0.308 e. The average molecular weight is 150 g/mol. The molecule has 0 bridgehead atoms. The zero-order valence-electron chi connectivity index (χ0n) is 7.23. The highest BCUT2D eigenvalue weighted by Crippen LogP contribution is 2.14. The Morgan fingerprint density at radius 3 is 2.45 bits per heavy atom. The van der Waals surface area contributed by atoms with E-state index in [1.807, 2.05) is 27.0 Å². The number of likely N-dealkylation sites (N-methyl/N-ethyl adjacent to an activating group) is 1. The van der Waals surface area contributed by atoms with E-state index in [9.17, 15) is 0 Å². The fraction of sp³-hybridized carbons (Fsp3) is 0.444. The molecule has 0 fully saturated rings. The van der Waals surface area contributed by atoms with Gasteiger partial charge in [0.05, 0.1) is 11.8 Å². The van der Waals surface area contributed by atoms with Crippen LogP contribution in [0.25, 0.3) is 0 Å². The molecule has 1 atom stereocenters. The maximum atomic E-state index is 7.71. The van der Waals surface area contributed by atoms with Gasteiger partial charge in [0.1, 0.15) is 0 Å². The summed E-state index contributed by atoms with van der Waals surface area (Å²) < 4.78 is 0. The standard InChI is InChI=1S/C9H14N2/c1-6-4-5-7(2)9(11-3)8(6)10/h4-5,9-11H,1-3H3. The smallest absolute Gasteiger partial charge is 0.0704 e. The molecule has 0 saturated carbocycles. The van der Waals surface area contributed by atoms with E-state index in [1.165, 1.54) is 5.57 Å². The zero-order valence-corrected chi connectivity index (χ0v) is 7.23. The maximum absolute atomic E-state index is 7.71. The molecule has 0 radical (unpaired) electrons. The minimum absolute atomic E-state index is 0.125. The molecule has 1 aliphatic carbocycles. The summed E-state index contributed by atoms with van der Waals surface area (Å²) in [6.07, 6.45) is 4.06. The van der Waals surface area contributed by atoms with Crippen molar-refractivity contribution in [2.45, 2.75) is 19.9 Å². The van der Waals surface area contributed by atoms with Crippen LogP contribution in [0.2, 0.25) is 0 Å². The Bertz CT molecular complexity index is 234. The number of allylic oxidation sites excluding steroid dienone is 2. The van der Waals surface area contributed by atoms with Crippen LogP contribution in [-0.2, 0) is 0 Å². The maximum Gasteiger partial charge on any atom is 0.0704 e. The molecule has 0 saturated heterocycles. The first-order chi connectivity index (χ1) is 5.16. The lowest BCUT2D eigenvalue weighted by Crippen LogP contribution is -2.36. The topological polar surface area (TPSA) is 35.9 Å². The van der Waals surface area contributed by atoms with Crippen LogP contribution in [0.1, 0.15) is 13.8 Å². The molecule has 1 aliphatic rings. The van der Waals surface area contributed by atoms with Crippen LogP contribution in [0.3, 0.4) is 0 Å². The highest BCUT2D eigenvalue weighted by Gasteiger charge is 2.17. The fourth-order valence-corrected chi connectivity index (χ4v) is 1.27. The van der Waals surface area contributed by atoms with E-state index >= 15 is 0 Å². The summed E-state index contributed by atoms with van der Waals surface area (Å²) in [7, 11) is 1.88. The molecule has 1 rings (SSSR count). The first-order valence-corrected chi connectivity index (χ1v) is 3.78. The lowest BCUT2D eigenvalue weighted by atomic mass is 9.93. The van der Waals surface area contributed by atoms with Gasteiger partial charge in [0.25, 0.3) is 0 Å². The zero-order chi connectivity index (χ0) is 8.43. The van der Waals surface area contributed by atoms with E-state index in [2.05, 4.69) is 11.4 Å². The quantitative estimate of drug-likeness (QED) is 0.584. The third kappa shape index (κ3) is 1.40. The molecule has 0 heterocycles. The van der Waals surface area contributed by atoms with Gasteiger partial charge >= 0.3 is 0 Å². The third-order valence-corrected chi connectivity index (χ3v) is 2.05. The molecule has 2 N–H and O–H groups in total. The van der Waals surface area contributed by atoms with Gasteiger partial charge in [-0.3, -0.25) is 0 Å². The lowest BCUT2D eigenvalue weighted by Gasteiger charge is -2.21. The second-order valence-corrected chi connectivity index (χ2v) is 2.90. The van der Waals surface area contributed by atoms with Crippen LogP contribution >= 0.6 is 0 Å². The monoisotopic (exact) mass is 150 g/mol. The van der Waals surface area contributed by atoms with Crippen molar-refractivity contribution in [2.75, 3.05) is 7.05 Å². The summed E-state index contributed by atoms with van der Waals surface area (Å²) in [5.74, 6) is 0. The Morgan fingerprint density at radius 1 is 1.36 bits per heavy atom. The van der Waals surface area contributed by atoms with Gasteiger partial charge in [-0.1, -0.05) is 17.7 Å². The van der Waals surface area contributed by atoms with Crippen molar-refractivity contribution in [1.82, 2.24) is 5.32 Å². The van der Waals surface area contributed by atoms with Crippen molar-refractivity contribution in [2.24, 2.45) is 0 Å². The SMILES string of the molecule is CNC1C(=N)C(C)=CC=C1C. The minimum atomic E-state index is 0.125. The van der Waals surface area contributed by atoms with Gasteiger partial charge < -0.3 is 10.7 Å². The van der Waals surface area contributed by atoms with Crippen LogP contribution in [0.4, 0.5) is 0 Å². The molecule has 1 unspecified atom stereocenters. The van der Waals surface area contributed by atoms with Crippen molar-refractivity contribution >= 4 is 5.71 Å². The van der Waals surface area contributed by atoms with Gasteiger partial charge in [-0.25, -0.2) is 0 Å². The Morgan fingerprint density at radius 2 is 2.00 bits per heavy atom. The molecule has 0 aromatic carbocycles. The van der Waals surface area contributed by atoms with Crippen LogP contribution in [0, 0.1) is 5.41 Å². The molecule has 0 aliphatic heterocycles. The predicted octanol–water partition coefficient (Wildman–Crippen LogP) is 1.50. The summed E-state index contributed by atoms with van der Waals surface area (Å²) in [4.78, 5) is 0. The number of nitrogens with one attached hydrogen (secondary N) is 2. The van der Waals surface area contributed by atoms with Crippen LogP contribution in [0.15, 0.2) is 23.3 Å². The number of rotatable bonds is 1. The van der Waals surface area contributed by atoms with E-state index in [4.69, 9.17) is 5.41 Å². The first kappa shape index (κ1) is 8.21. The predicted molar refractivity (Wildman–Crippen MR) is 48.1 cm³/mol. The second kappa shape index (κ2) is 3.01. The summed E-state index contributed by atoms with van der Waals surface area (Å²) in [5, 5.41) is 10.8. The lowest BCUT2D eigenvalue weighted by molar-refractivity contribution is 0.775. The molecule has 11 heavy (non-hydrogen) atoms. The first-order valence-electron chi connectivity index (χ1n) is 3.78. The summed E-state index contributed by atoms with van der Waals surface area (Å²) >= 11 is 0. The van der Waals surface area contributed by atoms with Crippen molar-refractivity contribution < 1.29 is 0 Å². The molecule has 0 spiro atoms. The molecule has 60 valence electrons. The molecule has 0 amide bonds. The van der Waals surface area contributed by atoms with Gasteiger partial charge in [-0.05, 0) is 26.5 Å². The molecule has 2 heteroatoms. The van der Waals surface area contributed by atoms with Crippen molar-refractivity contribution in [3.63, 3.8) is 0 Å². The Kier molecular flexibility index (Phi) is 2.25. The van der Waals surface area contributed by atoms with Gasteiger partial charge in [-0.15, -0.1) is 0 Å². The van der Waals surface area contributed by atoms with Gasteiger partial charge in [0, 0.05) is 0 Å².